The Morgan fingerprint density at radius 3 is 2.47 bits per heavy atom. The molecule has 1 nitrogen and oxygen atoms in total. The van der Waals surface area contributed by atoms with E-state index < -0.39 is 0 Å². The molecule has 2 aromatic carbocycles. The van der Waals surface area contributed by atoms with Gasteiger partial charge in [-0.25, -0.2) is 0 Å². The monoisotopic (exact) mass is 270 g/mol. The fourth-order valence-electron chi connectivity index (χ4n) is 1.77. The number of thioether (sulfide) groups is 1. The van der Waals surface area contributed by atoms with Gasteiger partial charge in [-0.05, 0) is 17.7 Å². The molecule has 0 fully saturated rings. The third kappa shape index (κ3) is 4.64. The Morgan fingerprint density at radius 2 is 1.79 bits per heavy atom. The van der Waals surface area contributed by atoms with Gasteiger partial charge < -0.3 is 5.32 Å². The Hall–Kier alpha value is -1.41. The number of nitrogens with one attached hydrogen (secondary N) is 1. The summed E-state index contributed by atoms with van der Waals surface area (Å²) >= 11 is 1.91. The van der Waals surface area contributed by atoms with Crippen LogP contribution >= 0.6 is 11.8 Å². The van der Waals surface area contributed by atoms with Crippen LogP contribution in [0.25, 0.3) is 0 Å². The van der Waals surface area contributed by atoms with Crippen molar-refractivity contribution in [2.45, 2.75) is 37.0 Å². The smallest absolute Gasteiger partial charge is 0.0423 e. The molecule has 0 saturated carbocycles. The molecule has 2 heteroatoms. The van der Waals surface area contributed by atoms with Crippen LogP contribution in [0, 0.1) is 6.07 Å². The van der Waals surface area contributed by atoms with Gasteiger partial charge >= 0.3 is 0 Å². The topological polar surface area (TPSA) is 12.0 Å². The van der Waals surface area contributed by atoms with E-state index in [9.17, 15) is 0 Å². The Balaban J connectivity index is 2.08. The van der Waals surface area contributed by atoms with Crippen molar-refractivity contribution < 1.29 is 0 Å². The molecule has 0 unspecified atom stereocenters. The van der Waals surface area contributed by atoms with Crippen molar-refractivity contribution in [2.75, 3.05) is 5.32 Å². The van der Waals surface area contributed by atoms with Gasteiger partial charge in [0.1, 0.15) is 0 Å². The zero-order valence-electron chi connectivity index (χ0n) is 11.7. The summed E-state index contributed by atoms with van der Waals surface area (Å²) in [5.41, 5.74) is 2.37. The highest BCUT2D eigenvalue weighted by molar-refractivity contribution is 8.00. The summed E-state index contributed by atoms with van der Waals surface area (Å²) in [7, 11) is 0. The van der Waals surface area contributed by atoms with E-state index in [2.05, 4.69) is 56.4 Å². The van der Waals surface area contributed by atoms with Crippen molar-refractivity contribution in [1.29, 1.82) is 0 Å². The van der Waals surface area contributed by atoms with E-state index in [-0.39, 0.29) is 4.75 Å². The number of para-hydroxylation sites is 1. The molecule has 0 bridgehead atoms. The maximum absolute atomic E-state index is 3.42. The zero-order chi connectivity index (χ0) is 13.7. The van der Waals surface area contributed by atoms with Gasteiger partial charge in [0, 0.05) is 27.9 Å². The quantitative estimate of drug-likeness (QED) is 0.785. The first-order chi connectivity index (χ1) is 9.04. The lowest BCUT2D eigenvalue weighted by atomic mass is 10.2. The van der Waals surface area contributed by atoms with E-state index in [1.807, 2.05) is 36.0 Å². The third-order valence-corrected chi connectivity index (χ3v) is 3.80. The molecular formula is C17H20NS. The fraction of sp³-hybridized carbons (Fsp3) is 0.294. The van der Waals surface area contributed by atoms with Gasteiger partial charge in [-0.1, -0.05) is 57.2 Å². The van der Waals surface area contributed by atoms with Gasteiger partial charge in [-0.15, -0.1) is 11.8 Å². The number of rotatable bonds is 4. The summed E-state index contributed by atoms with van der Waals surface area (Å²) in [6, 6.07) is 19.7. The van der Waals surface area contributed by atoms with Crippen molar-refractivity contribution in [2.24, 2.45) is 0 Å². The molecule has 0 saturated heterocycles. The minimum atomic E-state index is 0.231. The van der Waals surface area contributed by atoms with E-state index in [1.165, 1.54) is 10.5 Å². The predicted octanol–water partition coefficient (Wildman–Crippen LogP) is 4.99. The highest BCUT2D eigenvalue weighted by atomic mass is 32.2. The minimum Gasteiger partial charge on any atom is -0.380 e. The molecule has 19 heavy (non-hydrogen) atoms. The summed E-state index contributed by atoms with van der Waals surface area (Å²) in [5.74, 6) is 0. The van der Waals surface area contributed by atoms with E-state index >= 15 is 0 Å². The van der Waals surface area contributed by atoms with Gasteiger partial charge in [-0.2, -0.15) is 0 Å². The summed E-state index contributed by atoms with van der Waals surface area (Å²) < 4.78 is 0.231. The maximum Gasteiger partial charge on any atom is 0.0423 e. The highest BCUT2D eigenvalue weighted by Gasteiger charge is 2.14. The molecule has 0 aliphatic carbocycles. The van der Waals surface area contributed by atoms with Crippen LogP contribution in [0.15, 0.2) is 53.4 Å². The summed E-state index contributed by atoms with van der Waals surface area (Å²) in [4.78, 5) is 1.35. The Bertz CT molecular complexity index is 514. The fourth-order valence-corrected chi connectivity index (χ4v) is 2.85. The third-order valence-electron chi connectivity index (χ3n) is 2.57. The first-order valence-electron chi connectivity index (χ1n) is 6.52. The van der Waals surface area contributed by atoms with E-state index in [0.717, 1.165) is 12.2 Å². The minimum absolute atomic E-state index is 0.231. The number of benzene rings is 2. The molecule has 1 radical (unpaired) electrons. The number of hydrogen-bond acceptors (Lipinski definition) is 2. The zero-order valence-corrected chi connectivity index (χ0v) is 12.6. The van der Waals surface area contributed by atoms with Gasteiger partial charge in [0.2, 0.25) is 0 Å². The number of hydrogen-bond donors (Lipinski definition) is 1. The van der Waals surface area contributed by atoms with E-state index in [0.29, 0.717) is 0 Å². The van der Waals surface area contributed by atoms with Crippen LogP contribution in [0.2, 0.25) is 0 Å². The van der Waals surface area contributed by atoms with Crippen LogP contribution in [-0.4, -0.2) is 4.75 Å². The molecule has 99 valence electrons. The lowest BCUT2D eigenvalue weighted by Gasteiger charge is -2.20. The Kier molecular flexibility index (Phi) is 4.54. The van der Waals surface area contributed by atoms with Crippen LogP contribution < -0.4 is 5.32 Å². The molecule has 0 spiro atoms. The normalized spacial score (nSPS) is 11.3. The van der Waals surface area contributed by atoms with Crippen molar-refractivity contribution in [3.05, 3.63) is 60.2 Å². The number of anilines is 1. The van der Waals surface area contributed by atoms with E-state index in [4.69, 9.17) is 0 Å². The Labute approximate surface area is 120 Å². The van der Waals surface area contributed by atoms with Gasteiger partial charge in [0.15, 0.2) is 0 Å². The van der Waals surface area contributed by atoms with Crippen LogP contribution in [0.4, 0.5) is 5.69 Å². The molecule has 0 aromatic heterocycles. The summed E-state index contributed by atoms with van der Waals surface area (Å²) in [5, 5.41) is 3.42. The van der Waals surface area contributed by atoms with Crippen molar-refractivity contribution in [3.63, 3.8) is 0 Å². The van der Waals surface area contributed by atoms with Crippen LogP contribution in [0.5, 0.6) is 0 Å². The molecule has 2 rings (SSSR count). The van der Waals surface area contributed by atoms with Gasteiger partial charge in [0.25, 0.3) is 0 Å². The second-order valence-electron chi connectivity index (χ2n) is 5.45. The van der Waals surface area contributed by atoms with Gasteiger partial charge in [-0.3, -0.25) is 0 Å². The molecule has 1 N–H and O–H groups in total. The van der Waals surface area contributed by atoms with Crippen molar-refractivity contribution >= 4 is 17.4 Å². The lowest BCUT2D eigenvalue weighted by Crippen LogP contribution is -2.08. The molecule has 0 aliphatic rings. The average molecular weight is 270 g/mol. The average Bonchev–Trinajstić information content (AvgIpc) is 2.37. The summed E-state index contributed by atoms with van der Waals surface area (Å²) in [6.07, 6.45) is 0. The molecule has 0 atom stereocenters. The highest BCUT2D eigenvalue weighted by Crippen LogP contribution is 2.34. The summed E-state index contributed by atoms with van der Waals surface area (Å²) in [6.45, 7) is 7.56. The van der Waals surface area contributed by atoms with Crippen LogP contribution in [0.1, 0.15) is 26.3 Å². The largest absolute Gasteiger partial charge is 0.380 e. The van der Waals surface area contributed by atoms with Crippen molar-refractivity contribution in [3.8, 4) is 0 Å². The molecule has 2 aromatic rings. The molecule has 0 aliphatic heterocycles. The lowest BCUT2D eigenvalue weighted by molar-refractivity contribution is 0.801. The molecule has 0 heterocycles. The predicted molar refractivity (Wildman–Crippen MR) is 84.7 cm³/mol. The van der Waals surface area contributed by atoms with Crippen molar-refractivity contribution in [1.82, 2.24) is 0 Å². The van der Waals surface area contributed by atoms with E-state index in [1.54, 1.807) is 0 Å². The van der Waals surface area contributed by atoms with Crippen LogP contribution in [0.3, 0.4) is 0 Å². The molecule has 0 amide bonds. The van der Waals surface area contributed by atoms with Crippen LogP contribution in [-0.2, 0) is 6.54 Å². The van der Waals surface area contributed by atoms with Gasteiger partial charge in [0.05, 0.1) is 0 Å². The first kappa shape index (κ1) is 14.0. The second-order valence-corrected chi connectivity index (χ2v) is 7.32. The molecular weight excluding hydrogens is 250 g/mol. The SMILES string of the molecule is CC(C)(C)Sc1ccccc1CNc1[c]cccc1. The maximum atomic E-state index is 3.42. The first-order valence-corrected chi connectivity index (χ1v) is 7.34. The Morgan fingerprint density at radius 1 is 1.05 bits per heavy atom. The standard InChI is InChI=1S/C17H20NS/c1-17(2,3)19-16-12-8-7-9-14(16)13-18-15-10-5-4-6-11-15/h4-10,12,18H,13H2,1-3H3. The second kappa shape index (κ2) is 6.16.